The number of methoxy groups -OCH3 is 2. The van der Waals surface area contributed by atoms with Crippen LogP contribution in [-0.2, 0) is 20.9 Å². The number of ether oxygens (including phenoxy) is 3. The number of anilines is 1. The van der Waals surface area contributed by atoms with Gasteiger partial charge in [-0.05, 0) is 19.9 Å². The number of hydrogen-bond donors (Lipinski definition) is 1. The van der Waals surface area contributed by atoms with E-state index in [9.17, 15) is 9.59 Å². The first-order valence-corrected chi connectivity index (χ1v) is 8.73. The number of para-hydroxylation sites is 1. The molecule has 0 aliphatic carbocycles. The number of aryl methyl sites for hydroxylation is 1. The van der Waals surface area contributed by atoms with Gasteiger partial charge in [0.05, 0.1) is 26.5 Å². The minimum atomic E-state index is -0.405. The lowest BCUT2D eigenvalue weighted by Gasteiger charge is -2.26. The molecule has 1 aliphatic heterocycles. The van der Waals surface area contributed by atoms with Crippen LogP contribution < -0.4 is 14.8 Å². The van der Waals surface area contributed by atoms with Crippen LogP contribution in [0.2, 0.25) is 0 Å². The summed E-state index contributed by atoms with van der Waals surface area (Å²) in [6.45, 7) is 3.83. The van der Waals surface area contributed by atoms with E-state index in [0.717, 1.165) is 16.8 Å². The highest BCUT2D eigenvalue weighted by molar-refractivity contribution is 5.95. The Kier molecular flexibility index (Phi) is 5.34. The Morgan fingerprint density at radius 2 is 2.11 bits per heavy atom. The average molecular weight is 373 g/mol. The Hall–Kier alpha value is -3.03. The van der Waals surface area contributed by atoms with Crippen molar-refractivity contribution < 1.29 is 23.8 Å². The number of carbonyl (C=O) groups is 2. The third kappa shape index (κ3) is 3.47. The average Bonchev–Trinajstić information content (AvgIpc) is 2.95. The molecule has 8 nitrogen and oxygen atoms in total. The molecule has 3 rings (SSSR count). The molecule has 1 aromatic heterocycles. The molecule has 1 unspecified atom stereocenters. The van der Waals surface area contributed by atoms with Crippen LogP contribution in [0.15, 0.2) is 18.2 Å². The van der Waals surface area contributed by atoms with Gasteiger partial charge >= 0.3 is 5.97 Å². The monoisotopic (exact) mass is 373 g/mol. The van der Waals surface area contributed by atoms with Crippen LogP contribution in [0, 0.1) is 6.92 Å². The lowest BCUT2D eigenvalue weighted by atomic mass is 9.85. The maximum Gasteiger partial charge on any atom is 0.327 e. The van der Waals surface area contributed by atoms with Gasteiger partial charge in [0.1, 0.15) is 12.4 Å². The lowest BCUT2D eigenvalue weighted by molar-refractivity contribution is -0.144. The van der Waals surface area contributed by atoms with E-state index in [0.29, 0.717) is 17.3 Å². The molecule has 0 radical (unpaired) electrons. The third-order valence-corrected chi connectivity index (χ3v) is 4.56. The van der Waals surface area contributed by atoms with Crippen molar-refractivity contribution in [3.8, 4) is 11.5 Å². The van der Waals surface area contributed by atoms with E-state index in [1.807, 2.05) is 25.1 Å². The zero-order chi connectivity index (χ0) is 19.6. The van der Waals surface area contributed by atoms with E-state index >= 15 is 0 Å². The minimum absolute atomic E-state index is 0.0632. The fourth-order valence-corrected chi connectivity index (χ4v) is 3.51. The first-order valence-electron chi connectivity index (χ1n) is 8.73. The largest absolute Gasteiger partial charge is 0.493 e. The van der Waals surface area contributed by atoms with E-state index in [1.165, 1.54) is 4.68 Å². The van der Waals surface area contributed by atoms with Crippen LogP contribution in [0.1, 0.15) is 36.1 Å². The zero-order valence-corrected chi connectivity index (χ0v) is 15.9. The maximum atomic E-state index is 12.4. The second-order valence-corrected chi connectivity index (χ2v) is 6.20. The molecule has 0 fully saturated rings. The van der Waals surface area contributed by atoms with Crippen LogP contribution in [0.4, 0.5) is 5.82 Å². The molecule has 0 saturated heterocycles. The fraction of sp³-hybridized carbons (Fsp3) is 0.421. The Bertz CT molecular complexity index is 874. The van der Waals surface area contributed by atoms with Gasteiger partial charge in [-0.1, -0.05) is 12.1 Å². The van der Waals surface area contributed by atoms with Crippen LogP contribution in [0.5, 0.6) is 11.5 Å². The van der Waals surface area contributed by atoms with Crippen LogP contribution in [0.3, 0.4) is 0 Å². The molecule has 27 heavy (non-hydrogen) atoms. The number of rotatable bonds is 6. The number of aromatic nitrogens is 2. The van der Waals surface area contributed by atoms with Gasteiger partial charge in [-0.15, -0.1) is 0 Å². The van der Waals surface area contributed by atoms with Gasteiger partial charge in [0.25, 0.3) is 0 Å². The molecule has 1 aromatic carbocycles. The van der Waals surface area contributed by atoms with Crippen molar-refractivity contribution >= 4 is 17.7 Å². The van der Waals surface area contributed by atoms with Gasteiger partial charge < -0.3 is 19.5 Å². The first-order chi connectivity index (χ1) is 13.0. The second-order valence-electron chi connectivity index (χ2n) is 6.20. The highest BCUT2D eigenvalue weighted by Crippen LogP contribution is 2.45. The molecular formula is C19H23N3O5. The predicted molar refractivity (Wildman–Crippen MR) is 98.2 cm³/mol. The Morgan fingerprint density at radius 3 is 2.78 bits per heavy atom. The van der Waals surface area contributed by atoms with E-state index in [2.05, 4.69) is 10.4 Å². The van der Waals surface area contributed by atoms with Crippen molar-refractivity contribution in [2.45, 2.75) is 32.7 Å². The van der Waals surface area contributed by atoms with Crippen LogP contribution >= 0.6 is 0 Å². The third-order valence-electron chi connectivity index (χ3n) is 4.56. The van der Waals surface area contributed by atoms with Gasteiger partial charge in [0, 0.05) is 23.5 Å². The molecule has 1 N–H and O–H groups in total. The summed E-state index contributed by atoms with van der Waals surface area (Å²) in [5, 5.41) is 7.30. The van der Waals surface area contributed by atoms with Crippen molar-refractivity contribution in [2.75, 3.05) is 26.1 Å². The van der Waals surface area contributed by atoms with Gasteiger partial charge in [0.15, 0.2) is 11.5 Å². The van der Waals surface area contributed by atoms with Crippen molar-refractivity contribution in [2.24, 2.45) is 0 Å². The van der Waals surface area contributed by atoms with Crippen LogP contribution in [-0.4, -0.2) is 42.5 Å². The Morgan fingerprint density at radius 1 is 1.33 bits per heavy atom. The molecule has 0 bridgehead atoms. The molecule has 0 spiro atoms. The predicted octanol–water partition coefficient (Wildman–Crippen LogP) is 2.25. The quantitative estimate of drug-likeness (QED) is 0.781. The number of benzene rings is 1. The Balaban J connectivity index is 2.09. The van der Waals surface area contributed by atoms with Crippen LogP contribution in [0.25, 0.3) is 0 Å². The van der Waals surface area contributed by atoms with Gasteiger partial charge in [-0.3, -0.25) is 9.59 Å². The minimum Gasteiger partial charge on any atom is -0.493 e. The van der Waals surface area contributed by atoms with Gasteiger partial charge in [0.2, 0.25) is 5.91 Å². The van der Waals surface area contributed by atoms with Crippen molar-refractivity contribution in [3.63, 3.8) is 0 Å². The highest BCUT2D eigenvalue weighted by Gasteiger charge is 2.34. The number of hydrogen-bond acceptors (Lipinski definition) is 6. The number of carbonyl (C=O) groups excluding carboxylic acids is 2. The molecular weight excluding hydrogens is 350 g/mol. The van der Waals surface area contributed by atoms with Gasteiger partial charge in [-0.2, -0.15) is 5.10 Å². The smallest absolute Gasteiger partial charge is 0.327 e. The summed E-state index contributed by atoms with van der Waals surface area (Å²) in [4.78, 5) is 24.3. The molecule has 1 atom stereocenters. The molecule has 1 aliphatic rings. The van der Waals surface area contributed by atoms with Crippen molar-refractivity contribution in [1.29, 1.82) is 0 Å². The molecule has 2 heterocycles. The second kappa shape index (κ2) is 7.69. The Labute approximate surface area is 157 Å². The summed E-state index contributed by atoms with van der Waals surface area (Å²) < 4.78 is 17.4. The molecule has 1 amide bonds. The number of fused-ring (bicyclic) bond motifs is 1. The summed E-state index contributed by atoms with van der Waals surface area (Å²) in [5.74, 6) is 0.893. The lowest BCUT2D eigenvalue weighted by Crippen LogP contribution is -2.26. The molecule has 0 saturated carbocycles. The summed E-state index contributed by atoms with van der Waals surface area (Å²) in [6.07, 6.45) is 0.252. The molecule has 8 heteroatoms. The number of amides is 1. The number of nitrogens with zero attached hydrogens (tertiary/aromatic N) is 2. The first kappa shape index (κ1) is 18.8. The summed E-state index contributed by atoms with van der Waals surface area (Å²) in [6, 6.07) is 5.58. The number of esters is 1. The number of nitrogens with one attached hydrogen (secondary N) is 1. The highest BCUT2D eigenvalue weighted by atomic mass is 16.5. The summed E-state index contributed by atoms with van der Waals surface area (Å²) in [5.41, 5.74) is 2.45. The molecule has 144 valence electrons. The van der Waals surface area contributed by atoms with E-state index in [1.54, 1.807) is 21.1 Å². The van der Waals surface area contributed by atoms with Gasteiger partial charge in [-0.25, -0.2) is 4.68 Å². The summed E-state index contributed by atoms with van der Waals surface area (Å²) >= 11 is 0. The SMILES string of the molecule is CCOC(=O)Cn1nc(C)c2c1NC(=O)CC2c1cccc(OC)c1OC. The van der Waals surface area contributed by atoms with E-state index in [-0.39, 0.29) is 31.4 Å². The summed E-state index contributed by atoms with van der Waals surface area (Å²) in [7, 11) is 3.14. The fourth-order valence-electron chi connectivity index (χ4n) is 3.51. The topological polar surface area (TPSA) is 91.7 Å². The normalized spacial score (nSPS) is 15.7. The maximum absolute atomic E-state index is 12.4. The van der Waals surface area contributed by atoms with E-state index < -0.39 is 5.97 Å². The van der Waals surface area contributed by atoms with E-state index in [4.69, 9.17) is 14.2 Å². The van der Waals surface area contributed by atoms with Crippen molar-refractivity contribution in [1.82, 2.24) is 9.78 Å². The van der Waals surface area contributed by atoms with Crippen molar-refractivity contribution in [3.05, 3.63) is 35.0 Å². The zero-order valence-electron chi connectivity index (χ0n) is 15.9. The molecule has 2 aromatic rings. The standard InChI is InChI=1S/C19H23N3O5/c1-5-27-16(24)10-22-19-17(11(2)21-22)13(9-15(23)20-19)12-7-6-8-14(25-3)18(12)26-4/h6-8,13H,5,9-10H2,1-4H3,(H,20,23).